The number of carbonyl (C=O) groups excluding carboxylic acids is 1. The normalized spacial score (nSPS) is 11.2. The van der Waals surface area contributed by atoms with Crippen LogP contribution in [0.4, 0.5) is 5.69 Å². The molecule has 0 aliphatic rings. The maximum atomic E-state index is 12.7. The zero-order valence-electron chi connectivity index (χ0n) is 11.7. The Labute approximate surface area is 141 Å². The molecule has 1 aromatic carbocycles. The summed E-state index contributed by atoms with van der Waals surface area (Å²) in [6, 6.07) is 9.87. The van der Waals surface area contributed by atoms with Crippen LogP contribution in [0.25, 0.3) is 0 Å². The van der Waals surface area contributed by atoms with E-state index in [1.54, 1.807) is 42.6 Å². The third-order valence-electron chi connectivity index (χ3n) is 2.73. The number of anilines is 1. The van der Waals surface area contributed by atoms with E-state index in [-0.39, 0.29) is 17.4 Å². The molecule has 22 heavy (non-hydrogen) atoms. The van der Waals surface area contributed by atoms with Crippen molar-refractivity contribution < 1.29 is 17.9 Å². The molecular formula is C14H14BrNO4S2. The van der Waals surface area contributed by atoms with Gasteiger partial charge in [-0.05, 0) is 42.6 Å². The van der Waals surface area contributed by atoms with Gasteiger partial charge in [0.1, 0.15) is 10.8 Å². The van der Waals surface area contributed by atoms with Gasteiger partial charge in [0.15, 0.2) is 0 Å². The lowest BCUT2D eigenvalue weighted by Crippen LogP contribution is -2.36. The van der Waals surface area contributed by atoms with Crippen molar-refractivity contribution in [3.05, 3.63) is 46.3 Å². The van der Waals surface area contributed by atoms with Crippen LogP contribution in [0.15, 0.2) is 50.5 Å². The van der Waals surface area contributed by atoms with E-state index in [1.807, 2.05) is 0 Å². The van der Waals surface area contributed by atoms with Gasteiger partial charge in [-0.2, -0.15) is 0 Å². The Kier molecular flexibility index (Phi) is 5.60. The van der Waals surface area contributed by atoms with Gasteiger partial charge in [-0.3, -0.25) is 9.10 Å². The molecule has 0 amide bonds. The molecule has 8 heteroatoms. The van der Waals surface area contributed by atoms with E-state index < -0.39 is 16.0 Å². The third-order valence-corrected chi connectivity index (χ3v) is 6.41. The van der Waals surface area contributed by atoms with Crippen LogP contribution < -0.4 is 4.31 Å². The molecule has 0 spiro atoms. The number of thiophene rings is 1. The minimum Gasteiger partial charge on any atom is -0.465 e. The highest BCUT2D eigenvalue weighted by atomic mass is 79.9. The molecule has 0 fully saturated rings. The van der Waals surface area contributed by atoms with Crippen LogP contribution in [-0.4, -0.2) is 27.5 Å². The van der Waals surface area contributed by atoms with Gasteiger partial charge in [0.25, 0.3) is 10.0 Å². The van der Waals surface area contributed by atoms with Crippen molar-refractivity contribution >= 4 is 48.9 Å². The molecule has 0 aliphatic carbocycles. The number of sulfonamides is 1. The second kappa shape index (κ2) is 7.26. The first-order valence-electron chi connectivity index (χ1n) is 6.42. The summed E-state index contributed by atoms with van der Waals surface area (Å²) in [6.07, 6.45) is 0. The van der Waals surface area contributed by atoms with E-state index in [9.17, 15) is 13.2 Å². The molecule has 0 atom stereocenters. The second-order valence-electron chi connectivity index (χ2n) is 4.23. The number of carbonyl (C=O) groups is 1. The highest BCUT2D eigenvalue weighted by Crippen LogP contribution is 2.27. The summed E-state index contributed by atoms with van der Waals surface area (Å²) in [5.41, 5.74) is 0.407. The number of benzene rings is 1. The smallest absolute Gasteiger partial charge is 0.326 e. The Balaban J connectivity index is 2.41. The lowest BCUT2D eigenvalue weighted by Gasteiger charge is -2.22. The lowest BCUT2D eigenvalue weighted by molar-refractivity contribution is -0.141. The molecule has 2 rings (SSSR count). The van der Waals surface area contributed by atoms with Crippen molar-refractivity contribution in [1.82, 2.24) is 0 Å². The lowest BCUT2D eigenvalue weighted by atomic mass is 10.3. The van der Waals surface area contributed by atoms with Gasteiger partial charge in [-0.15, -0.1) is 11.3 Å². The van der Waals surface area contributed by atoms with E-state index in [2.05, 4.69) is 15.9 Å². The summed E-state index contributed by atoms with van der Waals surface area (Å²) >= 11 is 4.41. The van der Waals surface area contributed by atoms with Crippen molar-refractivity contribution in [3.63, 3.8) is 0 Å². The number of rotatable bonds is 6. The molecule has 0 unspecified atom stereocenters. The fraction of sp³-hybridized carbons (Fsp3) is 0.214. The maximum Gasteiger partial charge on any atom is 0.326 e. The summed E-state index contributed by atoms with van der Waals surface area (Å²) in [4.78, 5) is 11.8. The number of hydrogen-bond donors (Lipinski definition) is 0. The second-order valence-corrected chi connectivity index (χ2v) is 8.18. The number of ether oxygens (including phenoxy) is 1. The fourth-order valence-corrected chi connectivity index (χ4v) is 4.54. The molecule has 5 nitrogen and oxygen atoms in total. The molecule has 0 bridgehead atoms. The van der Waals surface area contributed by atoms with E-state index in [0.717, 1.165) is 20.1 Å². The number of esters is 1. The predicted molar refractivity (Wildman–Crippen MR) is 89.6 cm³/mol. The highest BCUT2D eigenvalue weighted by molar-refractivity contribution is 9.10. The zero-order valence-corrected chi connectivity index (χ0v) is 14.9. The van der Waals surface area contributed by atoms with E-state index in [0.29, 0.717) is 5.69 Å². The zero-order chi connectivity index (χ0) is 16.2. The Hall–Kier alpha value is -1.38. The molecule has 1 heterocycles. The SMILES string of the molecule is CCOC(=O)CN(c1ccc(Br)cc1)S(=O)(=O)c1cccs1. The van der Waals surface area contributed by atoms with Crippen molar-refractivity contribution in [3.8, 4) is 0 Å². The molecule has 2 aromatic rings. The van der Waals surface area contributed by atoms with Gasteiger partial charge in [0.05, 0.1) is 12.3 Å². The Morgan fingerprint density at radius 1 is 1.27 bits per heavy atom. The molecule has 0 saturated heterocycles. The molecule has 118 valence electrons. The Morgan fingerprint density at radius 3 is 2.50 bits per heavy atom. The summed E-state index contributed by atoms with van der Waals surface area (Å²) in [5.74, 6) is -0.592. The fourth-order valence-electron chi connectivity index (χ4n) is 1.77. The van der Waals surface area contributed by atoms with Crippen molar-refractivity contribution in [1.29, 1.82) is 0 Å². The van der Waals surface area contributed by atoms with Gasteiger partial charge >= 0.3 is 5.97 Å². The topological polar surface area (TPSA) is 63.7 Å². The molecule has 0 N–H and O–H groups in total. The molecule has 0 aliphatic heterocycles. The maximum absolute atomic E-state index is 12.7. The van der Waals surface area contributed by atoms with E-state index in [4.69, 9.17) is 4.74 Å². The highest BCUT2D eigenvalue weighted by Gasteiger charge is 2.28. The third kappa shape index (κ3) is 3.88. The quantitative estimate of drug-likeness (QED) is 0.694. The monoisotopic (exact) mass is 403 g/mol. The molecule has 1 aromatic heterocycles. The van der Waals surface area contributed by atoms with Crippen molar-refractivity contribution in [2.24, 2.45) is 0 Å². The van der Waals surface area contributed by atoms with Gasteiger partial charge < -0.3 is 4.74 Å². The first kappa shape index (κ1) is 17.0. The van der Waals surface area contributed by atoms with Crippen LogP contribution in [0.1, 0.15) is 6.92 Å². The van der Waals surface area contributed by atoms with Crippen LogP contribution in [0, 0.1) is 0 Å². The minimum atomic E-state index is -3.80. The summed E-state index contributed by atoms with van der Waals surface area (Å²) in [5, 5.41) is 1.68. The number of nitrogens with zero attached hydrogens (tertiary/aromatic N) is 1. The number of halogens is 1. The summed E-state index contributed by atoms with van der Waals surface area (Å²) in [6.45, 7) is 1.51. The summed E-state index contributed by atoms with van der Waals surface area (Å²) < 4.78 is 32.4. The van der Waals surface area contributed by atoms with E-state index in [1.165, 1.54) is 6.07 Å². The van der Waals surface area contributed by atoms with Crippen LogP contribution in [0.5, 0.6) is 0 Å². The van der Waals surface area contributed by atoms with Gasteiger partial charge in [-0.1, -0.05) is 22.0 Å². The molecule has 0 radical (unpaired) electrons. The van der Waals surface area contributed by atoms with E-state index >= 15 is 0 Å². The standard InChI is InChI=1S/C14H14BrNO4S2/c1-2-20-13(17)10-16(12-7-5-11(15)6-8-12)22(18,19)14-4-3-9-21-14/h3-9H,2,10H2,1H3. The van der Waals surface area contributed by atoms with Crippen LogP contribution >= 0.6 is 27.3 Å². The van der Waals surface area contributed by atoms with Crippen LogP contribution in [0.2, 0.25) is 0 Å². The van der Waals surface area contributed by atoms with Crippen LogP contribution in [0.3, 0.4) is 0 Å². The van der Waals surface area contributed by atoms with Gasteiger partial charge in [0, 0.05) is 4.47 Å². The Morgan fingerprint density at radius 2 is 1.95 bits per heavy atom. The largest absolute Gasteiger partial charge is 0.465 e. The first-order valence-corrected chi connectivity index (χ1v) is 9.54. The minimum absolute atomic E-state index is 0.180. The summed E-state index contributed by atoms with van der Waals surface area (Å²) in [7, 11) is -3.80. The van der Waals surface area contributed by atoms with Gasteiger partial charge in [-0.25, -0.2) is 8.42 Å². The predicted octanol–water partition coefficient (Wildman–Crippen LogP) is 3.27. The van der Waals surface area contributed by atoms with Gasteiger partial charge in [0.2, 0.25) is 0 Å². The molecular weight excluding hydrogens is 390 g/mol. The average Bonchev–Trinajstić information content (AvgIpc) is 3.01. The first-order chi connectivity index (χ1) is 10.4. The van der Waals surface area contributed by atoms with Crippen LogP contribution in [-0.2, 0) is 19.6 Å². The molecule has 0 saturated carbocycles. The number of hydrogen-bond acceptors (Lipinski definition) is 5. The Bertz CT molecular complexity index is 727. The average molecular weight is 404 g/mol. The van der Waals surface area contributed by atoms with Crippen molar-refractivity contribution in [2.75, 3.05) is 17.5 Å². The van der Waals surface area contributed by atoms with Crippen molar-refractivity contribution in [2.45, 2.75) is 11.1 Å².